The Morgan fingerprint density at radius 1 is 0.583 bits per heavy atom. The van der Waals surface area contributed by atoms with Crippen molar-refractivity contribution in [1.29, 1.82) is 0 Å². The minimum atomic E-state index is -0.745. The zero-order valence-corrected chi connectivity index (χ0v) is 14.9. The van der Waals surface area contributed by atoms with E-state index in [0.29, 0.717) is 0 Å². The maximum absolute atomic E-state index is 9.37. The van der Waals surface area contributed by atoms with Crippen LogP contribution < -0.4 is 16.0 Å². The van der Waals surface area contributed by atoms with Gasteiger partial charge in [-0.05, 0) is 0 Å². The summed E-state index contributed by atoms with van der Waals surface area (Å²) in [4.78, 5) is 28.1. The second-order valence-electron chi connectivity index (χ2n) is 4.49. The van der Waals surface area contributed by atoms with E-state index in [2.05, 4.69) is 16.0 Å². The van der Waals surface area contributed by atoms with Gasteiger partial charge in [-0.2, -0.15) is 0 Å². The molecular formula is C15H33N3O6. The molecule has 0 aromatic rings. The third-order valence-electron chi connectivity index (χ3n) is 2.34. The first-order chi connectivity index (χ1) is 11.3. The first-order valence-electron chi connectivity index (χ1n) is 8.09. The molecule has 0 aromatic heterocycles. The van der Waals surface area contributed by atoms with Crippen LogP contribution in [0, 0.1) is 0 Å². The van der Waals surface area contributed by atoms with Gasteiger partial charge in [-0.3, -0.25) is 14.4 Å². The standard InChI is InChI=1S/C6H15N3.3C3H6O2/c1-2-8-5-6-9-4-3-7-1;3*1-2-3(4)5/h7-9H,1-6H2;3*2H2,1H3,(H,4,5). The Hall–Kier alpha value is -1.71. The van der Waals surface area contributed by atoms with Gasteiger partial charge in [0.1, 0.15) is 0 Å². The van der Waals surface area contributed by atoms with Gasteiger partial charge < -0.3 is 31.3 Å². The smallest absolute Gasteiger partial charge is 0.303 e. The van der Waals surface area contributed by atoms with Gasteiger partial charge in [-0.15, -0.1) is 0 Å². The molecule has 1 aliphatic rings. The van der Waals surface area contributed by atoms with Gasteiger partial charge in [0.25, 0.3) is 0 Å². The van der Waals surface area contributed by atoms with Gasteiger partial charge in [0.05, 0.1) is 0 Å². The van der Waals surface area contributed by atoms with Crippen molar-refractivity contribution in [2.45, 2.75) is 40.0 Å². The highest BCUT2D eigenvalue weighted by atomic mass is 16.4. The first kappa shape index (κ1) is 27.2. The minimum Gasteiger partial charge on any atom is -0.481 e. The van der Waals surface area contributed by atoms with Crippen LogP contribution in [0.2, 0.25) is 0 Å². The third-order valence-corrected chi connectivity index (χ3v) is 2.34. The Morgan fingerprint density at radius 3 is 0.792 bits per heavy atom. The van der Waals surface area contributed by atoms with Crippen molar-refractivity contribution in [1.82, 2.24) is 16.0 Å². The maximum atomic E-state index is 9.37. The van der Waals surface area contributed by atoms with Crippen LogP contribution in [0.15, 0.2) is 0 Å². The van der Waals surface area contributed by atoms with E-state index in [0.717, 1.165) is 39.3 Å². The Balaban J connectivity index is -0.000000259. The maximum Gasteiger partial charge on any atom is 0.303 e. The van der Waals surface area contributed by atoms with Gasteiger partial charge in [-0.1, -0.05) is 20.8 Å². The van der Waals surface area contributed by atoms with E-state index in [4.69, 9.17) is 15.3 Å². The lowest BCUT2D eigenvalue weighted by Crippen LogP contribution is -2.27. The number of aliphatic carboxylic acids is 3. The van der Waals surface area contributed by atoms with Crippen LogP contribution in [0.5, 0.6) is 0 Å². The Morgan fingerprint density at radius 2 is 0.708 bits per heavy atom. The molecule has 1 fully saturated rings. The molecule has 1 saturated heterocycles. The molecule has 0 aromatic carbocycles. The quantitative estimate of drug-likeness (QED) is 0.420. The van der Waals surface area contributed by atoms with Crippen molar-refractivity contribution in [2.24, 2.45) is 0 Å². The van der Waals surface area contributed by atoms with Crippen LogP contribution >= 0.6 is 0 Å². The summed E-state index contributed by atoms with van der Waals surface area (Å²) in [7, 11) is 0. The second kappa shape index (κ2) is 23.6. The summed E-state index contributed by atoms with van der Waals surface area (Å²) in [6, 6.07) is 0. The number of rotatable bonds is 3. The van der Waals surface area contributed by atoms with Gasteiger partial charge in [0.2, 0.25) is 0 Å². The zero-order valence-electron chi connectivity index (χ0n) is 14.9. The zero-order chi connectivity index (χ0) is 19.2. The molecule has 6 N–H and O–H groups in total. The lowest BCUT2D eigenvalue weighted by molar-refractivity contribution is -0.137. The molecule has 1 rings (SSSR count). The molecule has 0 amide bonds. The molecule has 0 radical (unpaired) electrons. The Bertz CT molecular complexity index is 252. The van der Waals surface area contributed by atoms with Crippen LogP contribution in [0.4, 0.5) is 0 Å². The fraction of sp³-hybridized carbons (Fsp3) is 0.800. The molecule has 0 saturated carbocycles. The fourth-order valence-corrected chi connectivity index (χ4v) is 0.905. The van der Waals surface area contributed by atoms with Crippen molar-refractivity contribution in [3.63, 3.8) is 0 Å². The van der Waals surface area contributed by atoms with Crippen LogP contribution in [0.25, 0.3) is 0 Å². The summed E-state index contributed by atoms with van der Waals surface area (Å²) in [6.07, 6.45) is 0.667. The number of carboxylic acids is 3. The molecule has 0 spiro atoms. The Kier molecular flexibility index (Phi) is 26.6. The van der Waals surface area contributed by atoms with E-state index in [1.165, 1.54) is 0 Å². The van der Waals surface area contributed by atoms with E-state index >= 15 is 0 Å². The summed E-state index contributed by atoms with van der Waals surface area (Å²) in [5.41, 5.74) is 0. The third kappa shape index (κ3) is 42.7. The average molecular weight is 351 g/mol. The monoisotopic (exact) mass is 351 g/mol. The van der Waals surface area contributed by atoms with E-state index in [-0.39, 0.29) is 19.3 Å². The highest BCUT2D eigenvalue weighted by Gasteiger charge is 1.91. The highest BCUT2D eigenvalue weighted by Crippen LogP contribution is 1.68. The molecule has 0 atom stereocenters. The van der Waals surface area contributed by atoms with Gasteiger partial charge in [-0.25, -0.2) is 0 Å². The van der Waals surface area contributed by atoms with Crippen molar-refractivity contribution in [3.8, 4) is 0 Å². The SMILES string of the molecule is C1CNCCNCCN1.CCC(=O)O.CCC(=O)O.CCC(=O)O. The number of carbonyl (C=O) groups is 3. The van der Waals surface area contributed by atoms with E-state index < -0.39 is 17.9 Å². The lowest BCUT2D eigenvalue weighted by atomic mass is 10.5. The van der Waals surface area contributed by atoms with Gasteiger partial charge >= 0.3 is 17.9 Å². The number of hydrogen-bond acceptors (Lipinski definition) is 6. The molecule has 1 aliphatic heterocycles. The fourth-order valence-electron chi connectivity index (χ4n) is 0.905. The minimum absolute atomic E-state index is 0.222. The van der Waals surface area contributed by atoms with Crippen molar-refractivity contribution in [2.75, 3.05) is 39.3 Å². The molecule has 0 unspecified atom stereocenters. The molecule has 24 heavy (non-hydrogen) atoms. The first-order valence-corrected chi connectivity index (χ1v) is 8.09. The highest BCUT2D eigenvalue weighted by molar-refractivity contribution is 5.66. The molecule has 0 aliphatic carbocycles. The Labute approximate surface area is 143 Å². The second-order valence-corrected chi connectivity index (χ2v) is 4.49. The van der Waals surface area contributed by atoms with E-state index in [1.54, 1.807) is 20.8 Å². The van der Waals surface area contributed by atoms with Crippen LogP contribution in [0.3, 0.4) is 0 Å². The summed E-state index contributed by atoms with van der Waals surface area (Å²) < 4.78 is 0. The average Bonchev–Trinajstić information content (AvgIpc) is 2.72. The van der Waals surface area contributed by atoms with E-state index in [1.807, 2.05) is 0 Å². The number of hydrogen-bond donors (Lipinski definition) is 6. The molecule has 1 heterocycles. The normalized spacial score (nSPS) is 13.6. The number of nitrogens with one attached hydrogen (secondary N) is 3. The molecule has 9 heteroatoms. The predicted octanol–water partition coefficient (Wildman–Crippen LogP) is 0.212. The van der Waals surface area contributed by atoms with Crippen molar-refractivity contribution < 1.29 is 29.7 Å². The largest absolute Gasteiger partial charge is 0.481 e. The molecule has 144 valence electrons. The van der Waals surface area contributed by atoms with Crippen LogP contribution in [0.1, 0.15) is 40.0 Å². The molecule has 9 nitrogen and oxygen atoms in total. The van der Waals surface area contributed by atoms with Crippen molar-refractivity contribution >= 4 is 17.9 Å². The van der Waals surface area contributed by atoms with E-state index in [9.17, 15) is 14.4 Å². The topological polar surface area (TPSA) is 148 Å². The van der Waals surface area contributed by atoms with Gasteiger partial charge in [0, 0.05) is 58.5 Å². The summed E-state index contributed by atoms with van der Waals surface area (Å²) in [6.45, 7) is 11.4. The summed E-state index contributed by atoms with van der Waals surface area (Å²) >= 11 is 0. The summed E-state index contributed by atoms with van der Waals surface area (Å²) in [5, 5.41) is 33.1. The number of carboxylic acid groups (broad SMARTS) is 3. The van der Waals surface area contributed by atoms with Crippen molar-refractivity contribution in [3.05, 3.63) is 0 Å². The van der Waals surface area contributed by atoms with Crippen LogP contribution in [-0.4, -0.2) is 72.5 Å². The van der Waals surface area contributed by atoms with Gasteiger partial charge in [0.15, 0.2) is 0 Å². The van der Waals surface area contributed by atoms with Crippen LogP contribution in [-0.2, 0) is 14.4 Å². The molecule has 0 bridgehead atoms. The molecular weight excluding hydrogens is 318 g/mol. The summed E-state index contributed by atoms with van der Waals surface area (Å²) in [5.74, 6) is -2.24. The lowest BCUT2D eigenvalue weighted by Gasteiger charge is -1.99. The predicted molar refractivity (Wildman–Crippen MR) is 92.4 cm³/mol.